The maximum atomic E-state index is 13.1. The van der Waals surface area contributed by atoms with E-state index in [-0.39, 0.29) is 18.6 Å². The largest absolute Gasteiger partial charge is 0.496 e. The lowest BCUT2D eigenvalue weighted by Gasteiger charge is -2.28. The van der Waals surface area contributed by atoms with Gasteiger partial charge < -0.3 is 29.1 Å². The number of furan rings is 1. The van der Waals surface area contributed by atoms with Crippen molar-refractivity contribution in [2.24, 2.45) is 0 Å². The number of methoxy groups -OCH3 is 1. The highest BCUT2D eigenvalue weighted by Crippen LogP contribution is 2.39. The Kier molecular flexibility index (Phi) is 7.83. The molecule has 1 saturated heterocycles. The van der Waals surface area contributed by atoms with Gasteiger partial charge in [0.15, 0.2) is 5.58 Å². The highest BCUT2D eigenvalue weighted by Gasteiger charge is 2.35. The average Bonchev–Trinajstić information content (AvgIpc) is 3.69. The number of hydrogen-bond acceptors (Lipinski definition) is 8. The number of ether oxygens (including phenoxy) is 3. The number of aromatic nitrogens is 1. The van der Waals surface area contributed by atoms with Gasteiger partial charge >= 0.3 is 0 Å². The third-order valence-electron chi connectivity index (χ3n) is 8.26. The number of nitriles is 1. The zero-order valence-electron chi connectivity index (χ0n) is 23.5. The summed E-state index contributed by atoms with van der Waals surface area (Å²) in [5.74, 6) is 1.33. The molecule has 2 N–H and O–H groups in total. The first-order chi connectivity index (χ1) is 20.5. The first-order valence-electron chi connectivity index (χ1n) is 14.3. The van der Waals surface area contributed by atoms with Crippen LogP contribution >= 0.6 is 0 Å². The fourth-order valence-electron chi connectivity index (χ4n) is 5.88. The van der Waals surface area contributed by atoms with E-state index in [4.69, 9.17) is 18.6 Å². The molecule has 2 aromatic carbocycles. The van der Waals surface area contributed by atoms with Crippen molar-refractivity contribution in [1.29, 1.82) is 5.26 Å². The van der Waals surface area contributed by atoms with Crippen molar-refractivity contribution in [3.63, 3.8) is 0 Å². The number of carbonyl (C=O) groups is 1. The molecule has 9 nitrogen and oxygen atoms in total. The van der Waals surface area contributed by atoms with Gasteiger partial charge in [-0.05, 0) is 54.8 Å². The fourth-order valence-corrected chi connectivity index (χ4v) is 5.88. The van der Waals surface area contributed by atoms with E-state index in [1.54, 1.807) is 31.5 Å². The topological polar surface area (TPSA) is 127 Å². The minimum Gasteiger partial charge on any atom is -0.496 e. The van der Waals surface area contributed by atoms with Crippen molar-refractivity contribution in [3.05, 3.63) is 65.9 Å². The van der Waals surface area contributed by atoms with E-state index in [1.165, 1.54) is 0 Å². The van der Waals surface area contributed by atoms with Crippen LogP contribution in [0.15, 0.2) is 59.1 Å². The lowest BCUT2D eigenvalue weighted by molar-refractivity contribution is 0.0254. The predicted molar refractivity (Wildman–Crippen MR) is 156 cm³/mol. The summed E-state index contributed by atoms with van der Waals surface area (Å²) in [6.45, 7) is 1.24. The van der Waals surface area contributed by atoms with Crippen LogP contribution in [0.1, 0.15) is 54.4 Å². The summed E-state index contributed by atoms with van der Waals surface area (Å²) in [6, 6.07) is 16.7. The number of rotatable bonds is 8. The maximum Gasteiger partial charge on any atom is 0.251 e. The Balaban J connectivity index is 1.29. The van der Waals surface area contributed by atoms with Crippen molar-refractivity contribution in [2.75, 3.05) is 26.9 Å². The molecule has 2 fully saturated rings. The molecule has 4 aromatic rings. The van der Waals surface area contributed by atoms with Crippen molar-refractivity contribution in [2.45, 2.75) is 50.2 Å². The summed E-state index contributed by atoms with van der Waals surface area (Å²) in [6.07, 6.45) is 6.83. The average molecular weight is 568 g/mol. The van der Waals surface area contributed by atoms with Crippen LogP contribution in [-0.2, 0) is 4.74 Å². The van der Waals surface area contributed by atoms with Crippen LogP contribution in [0.3, 0.4) is 0 Å². The summed E-state index contributed by atoms with van der Waals surface area (Å²) in [7, 11) is 1.55. The van der Waals surface area contributed by atoms with Gasteiger partial charge in [-0.25, -0.2) is 0 Å². The minimum atomic E-state index is -0.565. The standard InChI is InChI=1S/C33H33N3O6/c1-39-29-17-22(32(38)36-33(20-37)11-2-3-12-33)4-6-26(29)30-18-27-31(42-30)25(8-13-35-27)21-5-7-28(23(16-21)19-34)41-24-9-14-40-15-10-24/h4-8,13,16-18,24,37H,2-3,9-12,14-15,20H2,1H3,(H,36,38). The molecule has 0 bridgehead atoms. The van der Waals surface area contributed by atoms with Gasteiger partial charge in [0.2, 0.25) is 0 Å². The Hall–Kier alpha value is -4.39. The summed E-state index contributed by atoms with van der Waals surface area (Å²) in [4.78, 5) is 17.6. The Morgan fingerprint density at radius 2 is 1.90 bits per heavy atom. The summed E-state index contributed by atoms with van der Waals surface area (Å²) in [5.41, 5.74) is 3.83. The van der Waals surface area contributed by atoms with Gasteiger partial charge in [0, 0.05) is 36.2 Å². The highest BCUT2D eigenvalue weighted by atomic mass is 16.5. The molecule has 3 heterocycles. The number of aliphatic hydroxyl groups is 1. The smallest absolute Gasteiger partial charge is 0.251 e. The first-order valence-corrected chi connectivity index (χ1v) is 14.3. The monoisotopic (exact) mass is 567 g/mol. The minimum absolute atomic E-state index is 0.0305. The molecule has 0 spiro atoms. The molecule has 0 atom stereocenters. The maximum absolute atomic E-state index is 13.1. The van der Waals surface area contributed by atoms with Crippen molar-refractivity contribution in [1.82, 2.24) is 10.3 Å². The molecule has 1 amide bonds. The lowest BCUT2D eigenvalue weighted by atomic mass is 9.98. The Bertz CT molecular complexity index is 1640. The zero-order chi connectivity index (χ0) is 29.1. The number of amides is 1. The second-order valence-corrected chi connectivity index (χ2v) is 11.0. The van der Waals surface area contributed by atoms with Crippen molar-refractivity contribution in [3.8, 4) is 40.0 Å². The van der Waals surface area contributed by atoms with Crippen LogP contribution in [0.4, 0.5) is 0 Å². The molecule has 2 aliphatic rings. The fraction of sp³-hybridized carbons (Fsp3) is 0.364. The van der Waals surface area contributed by atoms with E-state index in [1.807, 2.05) is 30.3 Å². The molecule has 9 heteroatoms. The van der Waals surface area contributed by atoms with Crippen molar-refractivity contribution < 1.29 is 28.5 Å². The molecule has 216 valence electrons. The van der Waals surface area contributed by atoms with Crippen LogP contribution in [0.5, 0.6) is 11.5 Å². The van der Waals surface area contributed by atoms with Gasteiger partial charge in [-0.1, -0.05) is 18.9 Å². The molecular formula is C33H33N3O6. The van der Waals surface area contributed by atoms with Gasteiger partial charge in [0.05, 0.1) is 43.6 Å². The molecule has 6 rings (SSSR count). The van der Waals surface area contributed by atoms with E-state index in [0.717, 1.165) is 49.7 Å². The number of aliphatic hydroxyl groups excluding tert-OH is 1. The zero-order valence-corrected chi connectivity index (χ0v) is 23.5. The number of pyridine rings is 1. The van der Waals surface area contributed by atoms with E-state index in [0.29, 0.717) is 58.3 Å². The van der Waals surface area contributed by atoms with Gasteiger partial charge in [-0.2, -0.15) is 5.26 Å². The molecule has 0 unspecified atom stereocenters. The molecule has 1 saturated carbocycles. The Morgan fingerprint density at radius 1 is 1.10 bits per heavy atom. The van der Waals surface area contributed by atoms with Crippen LogP contribution in [0.25, 0.3) is 33.6 Å². The number of fused-ring (bicyclic) bond motifs is 1. The van der Waals surface area contributed by atoms with E-state index in [2.05, 4.69) is 16.4 Å². The number of nitrogens with one attached hydrogen (secondary N) is 1. The normalized spacial score (nSPS) is 16.7. The summed E-state index contributed by atoms with van der Waals surface area (Å²) >= 11 is 0. The lowest BCUT2D eigenvalue weighted by Crippen LogP contribution is -2.49. The second-order valence-electron chi connectivity index (χ2n) is 11.0. The molecule has 42 heavy (non-hydrogen) atoms. The van der Waals surface area contributed by atoms with Crippen LogP contribution in [-0.4, -0.2) is 54.6 Å². The summed E-state index contributed by atoms with van der Waals surface area (Å²) in [5, 5.41) is 22.8. The SMILES string of the molecule is COc1cc(C(=O)NC2(CO)CCCC2)ccc1-c1cc2nccc(-c3ccc(OC4CCOCC4)c(C#N)c3)c2o1. The third-order valence-corrected chi connectivity index (χ3v) is 8.26. The molecule has 0 radical (unpaired) electrons. The number of nitrogens with zero attached hydrogens (tertiary/aromatic N) is 2. The van der Waals surface area contributed by atoms with Crippen LogP contribution in [0.2, 0.25) is 0 Å². The Labute approximate surface area is 244 Å². The molecule has 1 aliphatic heterocycles. The van der Waals surface area contributed by atoms with Crippen LogP contribution in [0, 0.1) is 11.3 Å². The third kappa shape index (κ3) is 5.43. The van der Waals surface area contributed by atoms with Gasteiger partial charge in [0.1, 0.15) is 34.9 Å². The van der Waals surface area contributed by atoms with E-state index in [9.17, 15) is 15.2 Å². The number of carbonyl (C=O) groups excluding carboxylic acids is 1. The van der Waals surface area contributed by atoms with Crippen molar-refractivity contribution >= 4 is 17.0 Å². The number of benzene rings is 2. The molecule has 2 aromatic heterocycles. The number of hydrogen-bond donors (Lipinski definition) is 2. The van der Waals surface area contributed by atoms with Crippen LogP contribution < -0.4 is 14.8 Å². The van der Waals surface area contributed by atoms with Gasteiger partial charge in [0.25, 0.3) is 5.91 Å². The van der Waals surface area contributed by atoms with E-state index < -0.39 is 5.54 Å². The second kappa shape index (κ2) is 11.8. The predicted octanol–water partition coefficient (Wildman–Crippen LogP) is 5.63. The van der Waals surface area contributed by atoms with E-state index >= 15 is 0 Å². The summed E-state index contributed by atoms with van der Waals surface area (Å²) < 4.78 is 23.5. The van der Waals surface area contributed by atoms with Gasteiger partial charge in [-0.3, -0.25) is 9.78 Å². The Morgan fingerprint density at radius 3 is 2.64 bits per heavy atom. The van der Waals surface area contributed by atoms with Gasteiger partial charge in [-0.15, -0.1) is 0 Å². The first kappa shape index (κ1) is 27.8. The molecular weight excluding hydrogens is 534 g/mol. The highest BCUT2D eigenvalue weighted by molar-refractivity contribution is 5.97. The quantitative estimate of drug-likeness (QED) is 0.280. The molecule has 1 aliphatic carbocycles.